The van der Waals surface area contributed by atoms with Crippen molar-refractivity contribution in [3.05, 3.63) is 20.5 Å². The summed E-state index contributed by atoms with van der Waals surface area (Å²) in [7, 11) is 0. The van der Waals surface area contributed by atoms with Crippen LogP contribution in [0.4, 0.5) is 0 Å². The van der Waals surface area contributed by atoms with Crippen LogP contribution in [0.1, 0.15) is 26.4 Å². The number of rotatable bonds is 2. The van der Waals surface area contributed by atoms with E-state index in [-0.39, 0.29) is 16.8 Å². The molecule has 0 spiro atoms. The van der Waals surface area contributed by atoms with E-state index < -0.39 is 11.9 Å². The molecular formula is C7H6INO4. The van der Waals surface area contributed by atoms with E-state index in [1.807, 2.05) is 0 Å². The Kier molecular flexibility index (Phi) is 2.60. The lowest BCUT2D eigenvalue weighted by Crippen LogP contribution is -2.01. The highest BCUT2D eigenvalue weighted by molar-refractivity contribution is 14.1. The first-order chi connectivity index (χ1) is 5.95. The molecule has 70 valence electrons. The van der Waals surface area contributed by atoms with Crippen molar-refractivity contribution in [3.8, 4) is 0 Å². The molecule has 0 aliphatic carbocycles. The van der Waals surface area contributed by atoms with Gasteiger partial charge in [-0.15, -0.1) is 0 Å². The fourth-order valence-electron chi connectivity index (χ4n) is 1.02. The van der Waals surface area contributed by atoms with E-state index in [4.69, 9.17) is 10.2 Å². The zero-order valence-corrected chi connectivity index (χ0v) is 8.75. The van der Waals surface area contributed by atoms with Crippen molar-refractivity contribution in [2.24, 2.45) is 0 Å². The number of nitrogens with one attached hydrogen (secondary N) is 1. The summed E-state index contributed by atoms with van der Waals surface area (Å²) in [6.07, 6.45) is 0. The maximum atomic E-state index is 10.7. The summed E-state index contributed by atoms with van der Waals surface area (Å²) in [6, 6.07) is 0. The second kappa shape index (κ2) is 3.36. The summed E-state index contributed by atoms with van der Waals surface area (Å²) in [5.41, 5.74) is 0.212. The van der Waals surface area contributed by atoms with Gasteiger partial charge in [-0.05, 0) is 35.1 Å². The van der Waals surface area contributed by atoms with Crippen molar-refractivity contribution >= 4 is 34.5 Å². The molecule has 1 aromatic heterocycles. The van der Waals surface area contributed by atoms with Crippen LogP contribution >= 0.6 is 22.6 Å². The van der Waals surface area contributed by atoms with Gasteiger partial charge < -0.3 is 15.2 Å². The third kappa shape index (κ3) is 1.67. The quantitative estimate of drug-likeness (QED) is 0.718. The van der Waals surface area contributed by atoms with Gasteiger partial charge in [0.1, 0.15) is 5.69 Å². The maximum Gasteiger partial charge on any atom is 0.352 e. The number of H-pyrrole nitrogens is 1. The third-order valence-corrected chi connectivity index (χ3v) is 2.44. The standard InChI is InChI=1S/C7H6INO4/c1-2-3(6(10)11)5(8)9-4(2)7(12)13/h9H,1H3,(H,10,11)(H,12,13). The number of aromatic carboxylic acids is 2. The number of carbonyl (C=O) groups is 2. The van der Waals surface area contributed by atoms with Gasteiger partial charge in [0.25, 0.3) is 0 Å². The lowest BCUT2D eigenvalue weighted by atomic mass is 10.2. The Morgan fingerprint density at radius 3 is 2.08 bits per heavy atom. The Morgan fingerprint density at radius 2 is 1.85 bits per heavy atom. The molecule has 0 radical (unpaired) electrons. The summed E-state index contributed by atoms with van der Waals surface area (Å²) in [4.78, 5) is 23.7. The Balaban J connectivity index is 3.39. The Labute approximate surface area is 86.9 Å². The molecule has 0 unspecified atom stereocenters. The van der Waals surface area contributed by atoms with E-state index in [1.54, 1.807) is 22.6 Å². The Hall–Kier alpha value is -1.05. The smallest absolute Gasteiger partial charge is 0.352 e. The zero-order valence-electron chi connectivity index (χ0n) is 6.59. The number of hydrogen-bond donors (Lipinski definition) is 3. The molecule has 0 saturated carbocycles. The molecule has 0 saturated heterocycles. The highest BCUT2D eigenvalue weighted by Crippen LogP contribution is 2.19. The topological polar surface area (TPSA) is 90.4 Å². The van der Waals surface area contributed by atoms with Gasteiger partial charge in [-0.25, -0.2) is 9.59 Å². The van der Waals surface area contributed by atoms with Crippen LogP contribution in [0.25, 0.3) is 0 Å². The molecule has 6 heteroatoms. The highest BCUT2D eigenvalue weighted by Gasteiger charge is 2.21. The fraction of sp³-hybridized carbons (Fsp3) is 0.143. The van der Waals surface area contributed by atoms with Crippen LogP contribution < -0.4 is 0 Å². The first kappa shape index (κ1) is 10.0. The van der Waals surface area contributed by atoms with Crippen molar-refractivity contribution < 1.29 is 19.8 Å². The van der Waals surface area contributed by atoms with E-state index >= 15 is 0 Å². The predicted octanol–water partition coefficient (Wildman–Crippen LogP) is 1.32. The second-order valence-corrected chi connectivity index (χ2v) is 3.50. The largest absolute Gasteiger partial charge is 0.478 e. The zero-order chi connectivity index (χ0) is 10.2. The predicted molar refractivity (Wildman–Crippen MR) is 52.2 cm³/mol. The summed E-state index contributed by atoms with van der Waals surface area (Å²) in [6.45, 7) is 1.46. The van der Waals surface area contributed by atoms with Crippen molar-refractivity contribution in [1.82, 2.24) is 4.98 Å². The molecule has 0 bridgehead atoms. The van der Waals surface area contributed by atoms with Crippen LogP contribution in [-0.2, 0) is 0 Å². The van der Waals surface area contributed by atoms with Gasteiger partial charge in [0.05, 0.1) is 9.26 Å². The minimum atomic E-state index is -1.15. The molecule has 0 fully saturated rings. The molecule has 0 aromatic carbocycles. The van der Waals surface area contributed by atoms with E-state index in [9.17, 15) is 9.59 Å². The van der Waals surface area contributed by atoms with Crippen molar-refractivity contribution in [2.45, 2.75) is 6.92 Å². The minimum Gasteiger partial charge on any atom is -0.478 e. The summed E-state index contributed by atoms with van der Waals surface area (Å²) in [5, 5.41) is 17.4. The van der Waals surface area contributed by atoms with Crippen molar-refractivity contribution in [2.75, 3.05) is 0 Å². The second-order valence-electron chi connectivity index (χ2n) is 2.42. The highest BCUT2D eigenvalue weighted by atomic mass is 127. The van der Waals surface area contributed by atoms with E-state index in [0.717, 1.165) is 0 Å². The maximum absolute atomic E-state index is 10.7. The first-order valence-electron chi connectivity index (χ1n) is 3.29. The number of hydrogen-bond acceptors (Lipinski definition) is 2. The van der Waals surface area contributed by atoms with Gasteiger partial charge in [-0.3, -0.25) is 0 Å². The Morgan fingerprint density at radius 1 is 1.31 bits per heavy atom. The van der Waals surface area contributed by atoms with E-state index in [2.05, 4.69) is 4.98 Å². The summed E-state index contributed by atoms with van der Waals surface area (Å²) < 4.78 is 0.333. The van der Waals surface area contributed by atoms with Crippen LogP contribution in [0, 0.1) is 10.6 Å². The van der Waals surface area contributed by atoms with Gasteiger partial charge in [-0.1, -0.05) is 0 Å². The lowest BCUT2D eigenvalue weighted by Gasteiger charge is -1.92. The van der Waals surface area contributed by atoms with Crippen LogP contribution in [-0.4, -0.2) is 27.1 Å². The average molecular weight is 295 g/mol. The molecule has 13 heavy (non-hydrogen) atoms. The molecule has 0 aliphatic rings. The normalized spacial score (nSPS) is 10.0. The van der Waals surface area contributed by atoms with E-state index in [0.29, 0.717) is 3.70 Å². The van der Waals surface area contributed by atoms with E-state index in [1.165, 1.54) is 6.92 Å². The first-order valence-corrected chi connectivity index (χ1v) is 4.37. The minimum absolute atomic E-state index is 0.0259. The molecular weight excluding hydrogens is 289 g/mol. The molecule has 3 N–H and O–H groups in total. The number of carboxylic acid groups (broad SMARTS) is 2. The summed E-state index contributed by atoms with van der Waals surface area (Å²) >= 11 is 1.76. The molecule has 1 heterocycles. The van der Waals surface area contributed by atoms with Gasteiger partial charge >= 0.3 is 11.9 Å². The Bertz CT molecular complexity index is 382. The number of halogens is 1. The lowest BCUT2D eigenvalue weighted by molar-refractivity contribution is 0.0687. The average Bonchev–Trinajstić information content (AvgIpc) is 2.26. The van der Waals surface area contributed by atoms with Gasteiger partial charge in [0.15, 0.2) is 0 Å². The molecule has 1 rings (SSSR count). The SMILES string of the molecule is Cc1c(C(=O)O)[nH]c(I)c1C(=O)O. The molecule has 0 amide bonds. The molecule has 1 aromatic rings. The monoisotopic (exact) mass is 295 g/mol. The number of carboxylic acids is 2. The van der Waals surface area contributed by atoms with Crippen LogP contribution in [0.3, 0.4) is 0 Å². The summed E-state index contributed by atoms with van der Waals surface area (Å²) in [5.74, 6) is -2.27. The van der Waals surface area contributed by atoms with Gasteiger partial charge in [0.2, 0.25) is 0 Å². The number of aromatic amines is 1. The van der Waals surface area contributed by atoms with Crippen molar-refractivity contribution in [1.29, 1.82) is 0 Å². The van der Waals surface area contributed by atoms with Crippen LogP contribution in [0.2, 0.25) is 0 Å². The molecule has 0 aliphatic heterocycles. The molecule has 0 atom stereocenters. The van der Waals surface area contributed by atoms with Gasteiger partial charge in [-0.2, -0.15) is 0 Å². The van der Waals surface area contributed by atoms with Crippen molar-refractivity contribution in [3.63, 3.8) is 0 Å². The van der Waals surface area contributed by atoms with Crippen LogP contribution in [0.5, 0.6) is 0 Å². The van der Waals surface area contributed by atoms with Gasteiger partial charge in [0, 0.05) is 0 Å². The third-order valence-electron chi connectivity index (χ3n) is 1.63. The molecule has 5 nitrogen and oxygen atoms in total. The number of aromatic nitrogens is 1. The van der Waals surface area contributed by atoms with Crippen LogP contribution in [0.15, 0.2) is 0 Å². The fourth-order valence-corrected chi connectivity index (χ4v) is 1.93.